The minimum atomic E-state index is -0.311. The molecule has 0 fully saturated rings. The molecule has 0 atom stereocenters. The number of carbonyl (C=O) groups excluding carboxylic acids is 1. The van der Waals surface area contributed by atoms with Crippen LogP contribution in [0.3, 0.4) is 0 Å². The zero-order valence-electron chi connectivity index (χ0n) is 21.3. The van der Waals surface area contributed by atoms with Gasteiger partial charge < -0.3 is 4.74 Å². The largest absolute Gasteiger partial charge is 0.462 e. The molecule has 6 heteroatoms. The van der Waals surface area contributed by atoms with Gasteiger partial charge in [0.25, 0.3) is 5.56 Å². The quantitative estimate of drug-likeness (QED) is 0.342. The first kappa shape index (κ1) is 24.7. The van der Waals surface area contributed by atoms with Gasteiger partial charge in [-0.2, -0.15) is 0 Å². The van der Waals surface area contributed by atoms with Gasteiger partial charge in [0.15, 0.2) is 0 Å². The van der Waals surface area contributed by atoms with Crippen molar-refractivity contribution < 1.29 is 9.53 Å². The van der Waals surface area contributed by atoms with Crippen molar-refractivity contribution in [3.63, 3.8) is 0 Å². The van der Waals surface area contributed by atoms with Gasteiger partial charge in [0.05, 0.1) is 29.5 Å². The molecule has 1 aliphatic rings. The van der Waals surface area contributed by atoms with Crippen LogP contribution in [-0.4, -0.2) is 33.6 Å². The molecule has 37 heavy (non-hydrogen) atoms. The van der Waals surface area contributed by atoms with Crippen molar-refractivity contribution in [3.05, 3.63) is 135 Å². The average Bonchev–Trinajstić information content (AvgIpc) is 2.93. The fourth-order valence-corrected chi connectivity index (χ4v) is 5.08. The Bertz CT molecular complexity index is 1390. The van der Waals surface area contributed by atoms with Crippen LogP contribution < -0.4 is 5.56 Å². The standard InChI is InChI=1S/C31H31N3O3/c1-3-37-31(36)26-16-14-23(15-17-26)20-33-19-18-28-27(21-33)30(35)34(22(2)32-28)29(24-10-6-4-7-11-24)25-12-8-5-9-13-25/h4-17,29H,3,18-21H2,1-2H3. The van der Waals surface area contributed by atoms with Crippen LogP contribution in [0.15, 0.2) is 89.7 Å². The summed E-state index contributed by atoms with van der Waals surface area (Å²) in [5.74, 6) is 0.416. The first-order valence-corrected chi connectivity index (χ1v) is 12.7. The lowest BCUT2D eigenvalue weighted by Gasteiger charge is -2.30. The van der Waals surface area contributed by atoms with Gasteiger partial charge in [-0.3, -0.25) is 14.3 Å². The molecule has 0 amide bonds. The van der Waals surface area contributed by atoms with E-state index < -0.39 is 0 Å². The third-order valence-corrected chi connectivity index (χ3v) is 6.88. The van der Waals surface area contributed by atoms with Gasteiger partial charge in [0, 0.05) is 26.1 Å². The molecule has 0 bridgehead atoms. The number of ether oxygens (including phenoxy) is 1. The van der Waals surface area contributed by atoms with Crippen molar-refractivity contribution in [3.8, 4) is 0 Å². The third kappa shape index (κ3) is 5.25. The van der Waals surface area contributed by atoms with Gasteiger partial charge in [-0.25, -0.2) is 9.78 Å². The SMILES string of the molecule is CCOC(=O)c1ccc(CN2CCc3nc(C)n(C(c4ccccc4)c4ccccc4)c(=O)c3C2)cc1. The van der Waals surface area contributed by atoms with Crippen LogP contribution in [0, 0.1) is 6.92 Å². The normalized spacial score (nSPS) is 13.4. The number of carbonyl (C=O) groups is 1. The van der Waals surface area contributed by atoms with Crippen LogP contribution in [0.2, 0.25) is 0 Å². The van der Waals surface area contributed by atoms with Gasteiger partial charge >= 0.3 is 5.97 Å². The first-order chi connectivity index (χ1) is 18.0. The third-order valence-electron chi connectivity index (χ3n) is 6.88. The van der Waals surface area contributed by atoms with Gasteiger partial charge in [-0.1, -0.05) is 72.8 Å². The van der Waals surface area contributed by atoms with Gasteiger partial charge in [-0.15, -0.1) is 0 Å². The summed E-state index contributed by atoms with van der Waals surface area (Å²) in [5, 5.41) is 0. The average molecular weight is 494 g/mol. The van der Waals surface area contributed by atoms with Gasteiger partial charge in [0.2, 0.25) is 0 Å². The fourth-order valence-electron chi connectivity index (χ4n) is 5.08. The molecule has 0 unspecified atom stereocenters. The molecular weight excluding hydrogens is 462 g/mol. The molecule has 4 aromatic rings. The molecule has 0 spiro atoms. The van der Waals surface area contributed by atoms with E-state index in [1.165, 1.54) is 0 Å². The van der Waals surface area contributed by atoms with Crippen LogP contribution in [0.25, 0.3) is 0 Å². The van der Waals surface area contributed by atoms with Crippen LogP contribution in [0.5, 0.6) is 0 Å². The van der Waals surface area contributed by atoms with Gasteiger partial charge in [0.1, 0.15) is 5.82 Å². The fraction of sp³-hybridized carbons (Fsp3) is 0.258. The molecule has 1 aromatic heterocycles. The number of nitrogens with zero attached hydrogens (tertiary/aromatic N) is 3. The molecule has 6 nitrogen and oxygen atoms in total. The monoisotopic (exact) mass is 493 g/mol. The van der Waals surface area contributed by atoms with E-state index in [1.54, 1.807) is 19.1 Å². The van der Waals surface area contributed by atoms with Crippen LogP contribution in [0.4, 0.5) is 0 Å². The summed E-state index contributed by atoms with van der Waals surface area (Å²) in [4.78, 5) is 33.2. The number of aryl methyl sites for hydroxylation is 1. The highest BCUT2D eigenvalue weighted by molar-refractivity contribution is 5.89. The van der Waals surface area contributed by atoms with Crippen LogP contribution in [0.1, 0.15) is 57.1 Å². The Labute approximate surface area is 217 Å². The van der Waals surface area contributed by atoms with Crippen LogP contribution >= 0.6 is 0 Å². The second kappa shape index (κ2) is 10.9. The van der Waals surface area contributed by atoms with Crippen molar-refractivity contribution >= 4 is 5.97 Å². The second-order valence-electron chi connectivity index (χ2n) is 9.36. The van der Waals surface area contributed by atoms with E-state index in [0.717, 1.165) is 46.7 Å². The Morgan fingerprint density at radius 2 is 1.57 bits per heavy atom. The maximum atomic E-state index is 14.0. The Morgan fingerprint density at radius 1 is 0.946 bits per heavy atom. The smallest absolute Gasteiger partial charge is 0.338 e. The van der Waals surface area contributed by atoms with E-state index in [0.29, 0.717) is 25.3 Å². The summed E-state index contributed by atoms with van der Waals surface area (Å²) >= 11 is 0. The van der Waals surface area contributed by atoms with Crippen molar-refractivity contribution in [2.75, 3.05) is 13.2 Å². The van der Waals surface area contributed by atoms with Gasteiger partial charge in [-0.05, 0) is 42.7 Å². The Hall–Kier alpha value is -4.03. The molecule has 3 aromatic carbocycles. The van der Waals surface area contributed by atoms with Crippen molar-refractivity contribution in [1.29, 1.82) is 0 Å². The predicted octanol–water partition coefficient (Wildman–Crippen LogP) is 4.92. The number of rotatable bonds is 7. The predicted molar refractivity (Wildman–Crippen MR) is 144 cm³/mol. The van der Waals surface area contributed by atoms with E-state index in [-0.39, 0.29) is 17.6 Å². The summed E-state index contributed by atoms with van der Waals surface area (Å²) in [7, 11) is 0. The molecule has 0 radical (unpaired) electrons. The second-order valence-corrected chi connectivity index (χ2v) is 9.36. The highest BCUT2D eigenvalue weighted by Gasteiger charge is 2.27. The molecule has 188 valence electrons. The minimum absolute atomic E-state index is 0.0163. The molecular formula is C31H31N3O3. The van der Waals surface area contributed by atoms with E-state index in [4.69, 9.17) is 9.72 Å². The van der Waals surface area contributed by atoms with Crippen molar-refractivity contribution in [1.82, 2.24) is 14.5 Å². The maximum Gasteiger partial charge on any atom is 0.338 e. The molecule has 2 heterocycles. The van der Waals surface area contributed by atoms with E-state index in [9.17, 15) is 9.59 Å². The Kier molecular flexibility index (Phi) is 7.28. The van der Waals surface area contributed by atoms with Crippen molar-refractivity contribution in [2.24, 2.45) is 0 Å². The zero-order chi connectivity index (χ0) is 25.8. The summed E-state index contributed by atoms with van der Waals surface area (Å²) in [6.07, 6.45) is 0.731. The highest BCUT2D eigenvalue weighted by Crippen LogP contribution is 2.27. The lowest BCUT2D eigenvalue weighted by Crippen LogP contribution is -2.40. The maximum absolute atomic E-state index is 14.0. The Morgan fingerprint density at radius 3 is 2.16 bits per heavy atom. The topological polar surface area (TPSA) is 64.4 Å². The minimum Gasteiger partial charge on any atom is -0.462 e. The lowest BCUT2D eigenvalue weighted by atomic mass is 9.97. The highest BCUT2D eigenvalue weighted by atomic mass is 16.5. The van der Waals surface area contributed by atoms with E-state index in [2.05, 4.69) is 29.2 Å². The zero-order valence-corrected chi connectivity index (χ0v) is 21.3. The summed E-state index contributed by atoms with van der Waals surface area (Å²) in [5.41, 5.74) is 5.41. The summed E-state index contributed by atoms with van der Waals surface area (Å²) < 4.78 is 6.93. The Balaban J connectivity index is 1.45. The number of fused-ring (bicyclic) bond motifs is 1. The number of aromatic nitrogens is 2. The molecule has 1 aliphatic heterocycles. The molecule has 0 saturated carbocycles. The lowest BCUT2D eigenvalue weighted by molar-refractivity contribution is 0.0526. The van der Waals surface area contributed by atoms with Crippen LogP contribution in [-0.2, 0) is 24.2 Å². The summed E-state index contributed by atoms with van der Waals surface area (Å²) in [6, 6.07) is 27.5. The molecule has 5 rings (SSSR count). The summed E-state index contributed by atoms with van der Waals surface area (Å²) in [6.45, 7) is 6.14. The van der Waals surface area contributed by atoms with E-state index in [1.807, 2.05) is 60.0 Å². The number of hydrogen-bond acceptors (Lipinski definition) is 5. The molecule has 0 N–H and O–H groups in total. The number of esters is 1. The number of hydrogen-bond donors (Lipinski definition) is 0. The molecule has 0 saturated heterocycles. The van der Waals surface area contributed by atoms with Crippen molar-refractivity contribution in [2.45, 2.75) is 39.4 Å². The first-order valence-electron chi connectivity index (χ1n) is 12.7. The van der Waals surface area contributed by atoms with E-state index >= 15 is 0 Å². The molecule has 0 aliphatic carbocycles. The number of benzene rings is 3.